The van der Waals surface area contributed by atoms with Crippen molar-refractivity contribution in [3.05, 3.63) is 40.7 Å². The van der Waals surface area contributed by atoms with E-state index >= 15 is 0 Å². The smallest absolute Gasteiger partial charge is 0.145 e. The summed E-state index contributed by atoms with van der Waals surface area (Å²) in [6.07, 6.45) is 0.735. The molecule has 0 aliphatic heterocycles. The van der Waals surface area contributed by atoms with E-state index in [9.17, 15) is 0 Å². The van der Waals surface area contributed by atoms with Crippen LogP contribution in [0.3, 0.4) is 0 Å². The van der Waals surface area contributed by atoms with E-state index in [2.05, 4.69) is 20.7 Å². The Bertz CT molecular complexity index is 563. The van der Waals surface area contributed by atoms with Gasteiger partial charge in [0, 0.05) is 23.2 Å². The Hall–Kier alpha value is -1.85. The molecule has 0 radical (unpaired) electrons. The predicted molar refractivity (Wildman–Crippen MR) is 78.7 cm³/mol. The number of nitrogens with two attached hydrogens (primary N) is 1. The molecule has 0 aliphatic rings. The van der Waals surface area contributed by atoms with Crippen LogP contribution in [-0.2, 0) is 6.42 Å². The molecule has 4 N–H and O–H groups in total. The Morgan fingerprint density at radius 3 is 2.68 bits per heavy atom. The summed E-state index contributed by atoms with van der Waals surface area (Å²) in [5, 5.41) is 3.95. The van der Waals surface area contributed by atoms with Crippen LogP contribution in [0.25, 0.3) is 0 Å². The molecular formula is C13H16ClN5. The molecule has 0 saturated heterocycles. The van der Waals surface area contributed by atoms with Crippen molar-refractivity contribution in [2.45, 2.75) is 20.3 Å². The van der Waals surface area contributed by atoms with Gasteiger partial charge in [-0.3, -0.25) is 0 Å². The highest BCUT2D eigenvalue weighted by molar-refractivity contribution is 6.31. The fourth-order valence-corrected chi connectivity index (χ4v) is 1.85. The molecule has 5 nitrogen and oxygen atoms in total. The number of nitrogens with zero attached hydrogens (tertiary/aromatic N) is 2. The molecule has 0 aliphatic carbocycles. The molecule has 1 heterocycles. The van der Waals surface area contributed by atoms with Gasteiger partial charge in [0.25, 0.3) is 0 Å². The van der Waals surface area contributed by atoms with Crippen molar-refractivity contribution in [1.82, 2.24) is 9.97 Å². The lowest BCUT2D eigenvalue weighted by atomic mass is 10.2. The van der Waals surface area contributed by atoms with Crippen LogP contribution >= 0.6 is 11.6 Å². The van der Waals surface area contributed by atoms with Gasteiger partial charge in [-0.25, -0.2) is 15.8 Å². The third kappa shape index (κ3) is 3.13. The summed E-state index contributed by atoms with van der Waals surface area (Å²) in [7, 11) is 0. The minimum absolute atomic E-state index is 0.578. The molecule has 0 atom stereocenters. The van der Waals surface area contributed by atoms with Crippen molar-refractivity contribution >= 4 is 28.9 Å². The minimum atomic E-state index is 0.578. The quantitative estimate of drug-likeness (QED) is 0.592. The van der Waals surface area contributed by atoms with Crippen LogP contribution in [0, 0.1) is 6.92 Å². The highest BCUT2D eigenvalue weighted by Crippen LogP contribution is 2.26. The molecule has 0 unspecified atom stereocenters. The normalized spacial score (nSPS) is 10.3. The zero-order valence-corrected chi connectivity index (χ0v) is 11.6. The van der Waals surface area contributed by atoms with E-state index in [0.717, 1.165) is 23.5 Å². The Kier molecular flexibility index (Phi) is 4.19. The minimum Gasteiger partial charge on any atom is -0.340 e. The molecule has 0 saturated carbocycles. The molecule has 0 fully saturated rings. The number of hydrogen-bond donors (Lipinski definition) is 3. The summed E-state index contributed by atoms with van der Waals surface area (Å²) in [5.41, 5.74) is 4.42. The summed E-state index contributed by atoms with van der Waals surface area (Å²) in [4.78, 5) is 8.64. The van der Waals surface area contributed by atoms with E-state index in [4.69, 9.17) is 17.4 Å². The second-order valence-corrected chi connectivity index (χ2v) is 4.50. The fraction of sp³-hybridized carbons (Fsp3) is 0.231. The first-order chi connectivity index (χ1) is 9.13. The molecule has 0 amide bonds. The molecule has 6 heteroatoms. The van der Waals surface area contributed by atoms with E-state index in [1.165, 1.54) is 0 Å². The number of rotatable bonds is 4. The molecule has 1 aromatic carbocycles. The summed E-state index contributed by atoms with van der Waals surface area (Å²) in [6, 6.07) is 7.44. The second kappa shape index (κ2) is 5.86. The Balaban J connectivity index is 2.34. The van der Waals surface area contributed by atoms with Crippen LogP contribution in [0.2, 0.25) is 5.02 Å². The van der Waals surface area contributed by atoms with Crippen LogP contribution in [0.15, 0.2) is 24.3 Å². The molecular weight excluding hydrogens is 262 g/mol. The van der Waals surface area contributed by atoms with Crippen LogP contribution in [-0.4, -0.2) is 9.97 Å². The number of aryl methyl sites for hydroxylation is 1. The van der Waals surface area contributed by atoms with Crippen molar-refractivity contribution in [2.75, 3.05) is 10.7 Å². The van der Waals surface area contributed by atoms with Crippen molar-refractivity contribution in [2.24, 2.45) is 5.84 Å². The summed E-state index contributed by atoms with van der Waals surface area (Å²) < 4.78 is 0. The first-order valence-electron chi connectivity index (χ1n) is 6.00. The lowest BCUT2D eigenvalue weighted by Gasteiger charge is -2.11. The standard InChI is InChI=1S/C13H16ClN5/c1-3-11-17-12(7-13(18-11)19-15)16-10-6-4-5-9(14)8(10)2/h4-7H,3,15H2,1-2H3,(H2,16,17,18,19). The summed E-state index contributed by atoms with van der Waals surface area (Å²) >= 11 is 6.09. The predicted octanol–water partition coefficient (Wildman–Crippen LogP) is 3.03. The first-order valence-corrected chi connectivity index (χ1v) is 6.38. The third-order valence-electron chi connectivity index (χ3n) is 2.77. The van der Waals surface area contributed by atoms with Gasteiger partial charge in [0.2, 0.25) is 0 Å². The molecule has 1 aromatic heterocycles. The maximum Gasteiger partial charge on any atom is 0.145 e. The fourth-order valence-electron chi connectivity index (χ4n) is 1.67. The Morgan fingerprint density at radius 1 is 1.26 bits per heavy atom. The number of hydrazine groups is 1. The first kappa shape index (κ1) is 13.6. The Labute approximate surface area is 117 Å². The van der Waals surface area contributed by atoms with Crippen molar-refractivity contribution in [3.63, 3.8) is 0 Å². The van der Waals surface area contributed by atoms with Gasteiger partial charge in [-0.05, 0) is 24.6 Å². The van der Waals surface area contributed by atoms with Gasteiger partial charge >= 0.3 is 0 Å². The van der Waals surface area contributed by atoms with E-state index < -0.39 is 0 Å². The van der Waals surface area contributed by atoms with Gasteiger partial charge in [-0.1, -0.05) is 24.6 Å². The molecule has 100 valence electrons. The number of halogens is 1. The van der Waals surface area contributed by atoms with Crippen LogP contribution < -0.4 is 16.6 Å². The van der Waals surface area contributed by atoms with Crippen molar-refractivity contribution in [1.29, 1.82) is 0 Å². The number of nitrogen functional groups attached to an aromatic ring is 1. The summed E-state index contributed by atoms with van der Waals surface area (Å²) in [6.45, 7) is 3.94. The Morgan fingerprint density at radius 2 is 2.00 bits per heavy atom. The van der Waals surface area contributed by atoms with Gasteiger partial charge in [0.15, 0.2) is 0 Å². The van der Waals surface area contributed by atoms with Crippen molar-refractivity contribution < 1.29 is 0 Å². The largest absolute Gasteiger partial charge is 0.340 e. The lowest BCUT2D eigenvalue weighted by Crippen LogP contribution is -2.11. The molecule has 19 heavy (non-hydrogen) atoms. The molecule has 0 bridgehead atoms. The number of benzene rings is 1. The molecule has 2 rings (SSSR count). The molecule has 2 aromatic rings. The zero-order valence-electron chi connectivity index (χ0n) is 10.9. The number of anilines is 3. The number of aromatic nitrogens is 2. The lowest BCUT2D eigenvalue weighted by molar-refractivity contribution is 0.941. The summed E-state index contributed by atoms with van der Waals surface area (Å²) in [5.74, 6) is 7.38. The maximum absolute atomic E-state index is 6.09. The zero-order chi connectivity index (χ0) is 13.8. The average Bonchev–Trinajstić information content (AvgIpc) is 2.43. The van der Waals surface area contributed by atoms with Gasteiger partial charge in [0.1, 0.15) is 17.5 Å². The third-order valence-corrected chi connectivity index (χ3v) is 3.18. The average molecular weight is 278 g/mol. The van der Waals surface area contributed by atoms with Gasteiger partial charge in [-0.2, -0.15) is 0 Å². The highest BCUT2D eigenvalue weighted by Gasteiger charge is 2.06. The van der Waals surface area contributed by atoms with Gasteiger partial charge in [0.05, 0.1) is 0 Å². The van der Waals surface area contributed by atoms with Crippen molar-refractivity contribution in [3.8, 4) is 0 Å². The van der Waals surface area contributed by atoms with Crippen LogP contribution in [0.4, 0.5) is 17.3 Å². The topological polar surface area (TPSA) is 75.9 Å². The van der Waals surface area contributed by atoms with E-state index in [1.54, 1.807) is 6.07 Å². The van der Waals surface area contributed by atoms with Gasteiger partial charge in [-0.15, -0.1) is 0 Å². The molecule has 0 spiro atoms. The monoisotopic (exact) mass is 277 g/mol. The van der Waals surface area contributed by atoms with Crippen LogP contribution in [0.1, 0.15) is 18.3 Å². The number of hydrogen-bond acceptors (Lipinski definition) is 5. The SMILES string of the molecule is CCc1nc(NN)cc(Nc2cccc(Cl)c2C)n1. The van der Waals surface area contributed by atoms with E-state index in [-0.39, 0.29) is 0 Å². The van der Waals surface area contributed by atoms with Gasteiger partial charge < -0.3 is 10.7 Å². The van der Waals surface area contributed by atoms with Crippen LogP contribution in [0.5, 0.6) is 0 Å². The van der Waals surface area contributed by atoms with E-state index in [1.807, 2.05) is 32.0 Å². The number of nitrogens with one attached hydrogen (secondary N) is 2. The van der Waals surface area contributed by atoms with E-state index in [0.29, 0.717) is 16.7 Å². The highest BCUT2D eigenvalue weighted by atomic mass is 35.5. The maximum atomic E-state index is 6.09. The second-order valence-electron chi connectivity index (χ2n) is 4.09.